The Bertz CT molecular complexity index is 924. The largest absolute Gasteiger partial charge is 0.486 e. The second-order valence-corrected chi connectivity index (χ2v) is 6.14. The minimum atomic E-state index is -0.403. The lowest BCUT2D eigenvalue weighted by Crippen LogP contribution is -2.40. The van der Waals surface area contributed by atoms with Crippen LogP contribution in [0.2, 0.25) is 0 Å². The number of hydrogen-bond acceptors (Lipinski definition) is 5. The van der Waals surface area contributed by atoms with Crippen molar-refractivity contribution in [3.05, 3.63) is 59.2 Å². The van der Waals surface area contributed by atoms with Crippen molar-refractivity contribution < 1.29 is 23.9 Å². The van der Waals surface area contributed by atoms with Crippen molar-refractivity contribution in [3.63, 3.8) is 0 Å². The molecule has 2 aliphatic heterocycles. The molecule has 4 rings (SSSR count). The third-order valence-electron chi connectivity index (χ3n) is 4.41. The summed E-state index contributed by atoms with van der Waals surface area (Å²) in [5.74, 6) is 0.220. The van der Waals surface area contributed by atoms with Crippen molar-refractivity contribution in [1.29, 1.82) is 0 Å². The van der Waals surface area contributed by atoms with Gasteiger partial charge in [-0.3, -0.25) is 19.3 Å². The third-order valence-corrected chi connectivity index (χ3v) is 4.41. The van der Waals surface area contributed by atoms with Gasteiger partial charge in [-0.1, -0.05) is 12.1 Å². The van der Waals surface area contributed by atoms with Crippen molar-refractivity contribution in [2.45, 2.75) is 6.10 Å². The number of carbonyl (C=O) groups excluding carboxylic acids is 3. The maximum atomic E-state index is 12.4. The van der Waals surface area contributed by atoms with Crippen molar-refractivity contribution in [1.82, 2.24) is 10.2 Å². The number of para-hydroxylation sites is 2. The smallest absolute Gasteiger partial charge is 0.261 e. The second-order valence-electron chi connectivity index (χ2n) is 6.14. The fourth-order valence-electron chi connectivity index (χ4n) is 2.97. The van der Waals surface area contributed by atoms with E-state index in [4.69, 9.17) is 9.47 Å². The molecule has 7 heteroatoms. The summed E-state index contributed by atoms with van der Waals surface area (Å²) in [7, 11) is 1.42. The monoisotopic (exact) mass is 352 g/mol. The normalized spacial score (nSPS) is 17.9. The molecule has 2 heterocycles. The molecule has 0 aromatic heterocycles. The van der Waals surface area contributed by atoms with E-state index in [-0.39, 0.29) is 30.0 Å². The molecule has 0 bridgehead atoms. The first-order chi connectivity index (χ1) is 12.5. The molecule has 3 amide bonds. The number of nitrogens with zero attached hydrogens (tertiary/aromatic N) is 1. The molecule has 2 aliphatic rings. The summed E-state index contributed by atoms with van der Waals surface area (Å²) in [6, 6.07) is 11.8. The summed E-state index contributed by atoms with van der Waals surface area (Å²) in [6.45, 7) is 0.594. The van der Waals surface area contributed by atoms with Crippen molar-refractivity contribution in [3.8, 4) is 11.5 Å². The van der Waals surface area contributed by atoms with Crippen LogP contribution in [-0.2, 0) is 0 Å². The third kappa shape index (κ3) is 2.67. The van der Waals surface area contributed by atoms with E-state index in [0.717, 1.165) is 4.90 Å². The number of fused-ring (bicyclic) bond motifs is 2. The van der Waals surface area contributed by atoms with Crippen LogP contribution in [0.3, 0.4) is 0 Å². The summed E-state index contributed by atoms with van der Waals surface area (Å²) < 4.78 is 11.4. The second kappa shape index (κ2) is 6.18. The number of benzene rings is 2. The molecule has 0 fully saturated rings. The Balaban J connectivity index is 1.42. The van der Waals surface area contributed by atoms with Gasteiger partial charge in [-0.25, -0.2) is 0 Å². The van der Waals surface area contributed by atoms with Crippen molar-refractivity contribution in [2.24, 2.45) is 0 Å². The standard InChI is InChI=1S/C19H16N2O5/c1-21-18(23)13-7-6-11(8-14(13)19(21)24)17(22)20-9-12-10-25-15-4-2-3-5-16(15)26-12/h2-8,12H,9-10H2,1H3,(H,20,22)/t12-/m0/s1. The van der Waals surface area contributed by atoms with Crippen LogP contribution in [0.15, 0.2) is 42.5 Å². The molecule has 0 spiro atoms. The summed E-state index contributed by atoms with van der Waals surface area (Å²) in [6.07, 6.45) is -0.308. The maximum absolute atomic E-state index is 12.4. The highest BCUT2D eigenvalue weighted by Gasteiger charge is 2.33. The lowest BCUT2D eigenvalue weighted by molar-refractivity contribution is 0.0693. The Morgan fingerprint density at radius 2 is 1.85 bits per heavy atom. The number of hydrogen-bond donors (Lipinski definition) is 1. The molecule has 132 valence electrons. The Kier molecular flexibility index (Phi) is 3.84. The summed E-state index contributed by atoms with van der Waals surface area (Å²) in [5.41, 5.74) is 0.878. The maximum Gasteiger partial charge on any atom is 0.261 e. The van der Waals surface area contributed by atoms with Crippen LogP contribution in [0.1, 0.15) is 31.1 Å². The topological polar surface area (TPSA) is 84.9 Å². The molecule has 7 nitrogen and oxygen atoms in total. The van der Waals surface area contributed by atoms with Crippen LogP contribution < -0.4 is 14.8 Å². The van der Waals surface area contributed by atoms with Crippen molar-refractivity contribution in [2.75, 3.05) is 20.2 Å². The lowest BCUT2D eigenvalue weighted by atomic mass is 10.1. The van der Waals surface area contributed by atoms with Gasteiger partial charge in [0.1, 0.15) is 12.7 Å². The van der Waals surface area contributed by atoms with Crippen LogP contribution in [-0.4, -0.2) is 48.9 Å². The number of imide groups is 1. The first kappa shape index (κ1) is 16.1. The highest BCUT2D eigenvalue weighted by Crippen LogP contribution is 2.30. The van der Waals surface area contributed by atoms with E-state index in [1.807, 2.05) is 24.3 Å². The lowest BCUT2D eigenvalue weighted by Gasteiger charge is -2.26. The van der Waals surface area contributed by atoms with E-state index < -0.39 is 5.91 Å². The zero-order valence-corrected chi connectivity index (χ0v) is 14.0. The summed E-state index contributed by atoms with van der Waals surface area (Å²) >= 11 is 0. The van der Waals surface area contributed by atoms with Gasteiger partial charge in [-0.15, -0.1) is 0 Å². The minimum Gasteiger partial charge on any atom is -0.486 e. The number of nitrogens with one attached hydrogen (secondary N) is 1. The highest BCUT2D eigenvalue weighted by molar-refractivity contribution is 6.21. The molecule has 26 heavy (non-hydrogen) atoms. The summed E-state index contributed by atoms with van der Waals surface area (Å²) in [4.78, 5) is 37.4. The van der Waals surface area contributed by atoms with Gasteiger partial charge in [0, 0.05) is 12.6 Å². The Hall–Kier alpha value is -3.35. The molecule has 0 saturated heterocycles. The Labute approximate surface area is 149 Å². The van der Waals surface area contributed by atoms with Gasteiger partial charge in [0.2, 0.25) is 0 Å². The van der Waals surface area contributed by atoms with Crippen LogP contribution in [0.25, 0.3) is 0 Å². The van der Waals surface area contributed by atoms with Crippen LogP contribution in [0, 0.1) is 0 Å². The average Bonchev–Trinajstić information content (AvgIpc) is 2.89. The molecule has 1 N–H and O–H groups in total. The molecule has 2 aromatic rings. The van der Waals surface area contributed by atoms with Gasteiger partial charge in [-0.2, -0.15) is 0 Å². The molecule has 2 aromatic carbocycles. The SMILES string of the molecule is CN1C(=O)c2ccc(C(=O)NC[C@H]3COc4ccccc4O3)cc2C1=O. The minimum absolute atomic E-state index is 0.247. The quantitative estimate of drug-likeness (QED) is 0.846. The van der Waals surface area contributed by atoms with Crippen LogP contribution in [0.4, 0.5) is 0 Å². The van der Waals surface area contributed by atoms with Crippen LogP contribution in [0.5, 0.6) is 11.5 Å². The zero-order chi connectivity index (χ0) is 18.3. The molecule has 1 atom stereocenters. The van der Waals surface area contributed by atoms with E-state index in [9.17, 15) is 14.4 Å². The molecule has 0 saturated carbocycles. The van der Waals surface area contributed by atoms with E-state index in [2.05, 4.69) is 5.32 Å². The number of rotatable bonds is 3. The predicted octanol–water partition coefficient (Wildman–Crippen LogP) is 1.48. The zero-order valence-electron chi connectivity index (χ0n) is 14.0. The number of carbonyl (C=O) groups is 3. The van der Waals surface area contributed by atoms with Gasteiger partial charge in [0.25, 0.3) is 17.7 Å². The Morgan fingerprint density at radius 1 is 1.12 bits per heavy atom. The van der Waals surface area contributed by atoms with Gasteiger partial charge < -0.3 is 14.8 Å². The van der Waals surface area contributed by atoms with E-state index >= 15 is 0 Å². The summed E-state index contributed by atoms with van der Waals surface area (Å²) in [5, 5.41) is 2.77. The average molecular weight is 352 g/mol. The first-order valence-corrected chi connectivity index (χ1v) is 8.17. The van der Waals surface area contributed by atoms with Gasteiger partial charge in [-0.05, 0) is 30.3 Å². The van der Waals surface area contributed by atoms with E-state index in [1.165, 1.54) is 25.2 Å². The molecular formula is C19H16N2O5. The Morgan fingerprint density at radius 3 is 2.65 bits per heavy atom. The molecular weight excluding hydrogens is 336 g/mol. The van der Waals surface area contributed by atoms with Crippen LogP contribution >= 0.6 is 0 Å². The fourth-order valence-corrected chi connectivity index (χ4v) is 2.97. The highest BCUT2D eigenvalue weighted by atomic mass is 16.6. The number of ether oxygens (including phenoxy) is 2. The van der Waals surface area contributed by atoms with Crippen molar-refractivity contribution >= 4 is 17.7 Å². The van der Waals surface area contributed by atoms with E-state index in [1.54, 1.807) is 0 Å². The predicted molar refractivity (Wildman–Crippen MR) is 91.6 cm³/mol. The van der Waals surface area contributed by atoms with Gasteiger partial charge in [0.05, 0.1) is 17.7 Å². The van der Waals surface area contributed by atoms with E-state index in [0.29, 0.717) is 29.2 Å². The fraction of sp³-hybridized carbons (Fsp3) is 0.211. The van der Waals surface area contributed by atoms with Gasteiger partial charge in [0.15, 0.2) is 11.5 Å². The first-order valence-electron chi connectivity index (χ1n) is 8.17. The molecule has 0 aliphatic carbocycles. The van der Waals surface area contributed by atoms with Gasteiger partial charge >= 0.3 is 0 Å². The number of amides is 3. The molecule has 0 unspecified atom stereocenters. The molecule has 0 radical (unpaired) electrons.